The topological polar surface area (TPSA) is 77.0 Å². The Balaban J connectivity index is 1.96. The highest BCUT2D eigenvalue weighted by molar-refractivity contribution is 5.76. The lowest BCUT2D eigenvalue weighted by Gasteiger charge is -2.27. The number of rotatable bonds is 5. The molecule has 0 atom stereocenters. The van der Waals surface area contributed by atoms with E-state index in [1.807, 2.05) is 11.8 Å². The standard InChI is InChI=1S/C12H21N5O/c1-2-17(11-5-3-4-6-11)12(18)9-16-8-10(7-13)14-15-16/h8,11H,2-7,9,13H2,1H3. The van der Waals surface area contributed by atoms with Crippen molar-refractivity contribution in [1.82, 2.24) is 19.9 Å². The summed E-state index contributed by atoms with van der Waals surface area (Å²) >= 11 is 0. The van der Waals surface area contributed by atoms with Gasteiger partial charge in [-0.2, -0.15) is 0 Å². The first kappa shape index (κ1) is 13.0. The van der Waals surface area contributed by atoms with E-state index in [9.17, 15) is 4.79 Å². The fourth-order valence-electron chi connectivity index (χ4n) is 2.59. The van der Waals surface area contributed by atoms with E-state index < -0.39 is 0 Å². The molecule has 2 N–H and O–H groups in total. The van der Waals surface area contributed by atoms with Crippen molar-refractivity contribution in [3.8, 4) is 0 Å². The number of hydrogen-bond donors (Lipinski definition) is 1. The van der Waals surface area contributed by atoms with Crippen LogP contribution in [0.15, 0.2) is 6.20 Å². The molecule has 1 saturated carbocycles. The highest BCUT2D eigenvalue weighted by Crippen LogP contribution is 2.23. The van der Waals surface area contributed by atoms with Crippen LogP contribution in [0.5, 0.6) is 0 Å². The van der Waals surface area contributed by atoms with Gasteiger partial charge >= 0.3 is 0 Å². The highest BCUT2D eigenvalue weighted by Gasteiger charge is 2.25. The fraction of sp³-hybridized carbons (Fsp3) is 0.750. The first-order valence-corrected chi connectivity index (χ1v) is 6.63. The number of amides is 1. The van der Waals surface area contributed by atoms with Gasteiger partial charge in [0.15, 0.2) is 0 Å². The van der Waals surface area contributed by atoms with E-state index >= 15 is 0 Å². The molecule has 1 heterocycles. The average Bonchev–Trinajstić information content (AvgIpc) is 3.01. The zero-order chi connectivity index (χ0) is 13.0. The maximum absolute atomic E-state index is 12.2. The normalized spacial score (nSPS) is 16.1. The summed E-state index contributed by atoms with van der Waals surface area (Å²) < 4.78 is 1.57. The predicted molar refractivity (Wildman–Crippen MR) is 67.6 cm³/mol. The van der Waals surface area contributed by atoms with Gasteiger partial charge < -0.3 is 10.6 Å². The third kappa shape index (κ3) is 2.87. The summed E-state index contributed by atoms with van der Waals surface area (Å²) in [5.41, 5.74) is 6.18. The Hall–Kier alpha value is -1.43. The molecule has 0 unspecified atom stereocenters. The lowest BCUT2D eigenvalue weighted by Crippen LogP contribution is -2.40. The van der Waals surface area contributed by atoms with Crippen LogP contribution < -0.4 is 5.73 Å². The molecule has 1 amide bonds. The van der Waals surface area contributed by atoms with Crippen molar-refractivity contribution < 1.29 is 4.79 Å². The van der Waals surface area contributed by atoms with Crippen LogP contribution in [0.25, 0.3) is 0 Å². The van der Waals surface area contributed by atoms with E-state index in [0.29, 0.717) is 18.3 Å². The van der Waals surface area contributed by atoms with Gasteiger partial charge in [-0.25, -0.2) is 4.68 Å². The van der Waals surface area contributed by atoms with E-state index in [2.05, 4.69) is 10.3 Å². The Morgan fingerprint density at radius 2 is 2.28 bits per heavy atom. The molecule has 2 rings (SSSR count). The average molecular weight is 251 g/mol. The summed E-state index contributed by atoms with van der Waals surface area (Å²) in [5.74, 6) is 0.123. The molecule has 0 spiro atoms. The molecular formula is C12H21N5O. The molecule has 6 heteroatoms. The van der Waals surface area contributed by atoms with Crippen molar-refractivity contribution in [3.05, 3.63) is 11.9 Å². The molecule has 0 aliphatic heterocycles. The summed E-state index contributed by atoms with van der Waals surface area (Å²) in [6.07, 6.45) is 6.46. The number of nitrogens with zero attached hydrogens (tertiary/aromatic N) is 4. The van der Waals surface area contributed by atoms with Crippen LogP contribution in [0.1, 0.15) is 38.3 Å². The minimum absolute atomic E-state index is 0.123. The van der Waals surface area contributed by atoms with Gasteiger partial charge in [-0.15, -0.1) is 5.10 Å². The van der Waals surface area contributed by atoms with Gasteiger partial charge in [0.1, 0.15) is 6.54 Å². The molecule has 1 fully saturated rings. The Kier molecular flexibility index (Phi) is 4.30. The Morgan fingerprint density at radius 3 is 2.83 bits per heavy atom. The second-order valence-electron chi connectivity index (χ2n) is 4.73. The van der Waals surface area contributed by atoms with Crippen molar-refractivity contribution >= 4 is 5.91 Å². The van der Waals surface area contributed by atoms with Gasteiger partial charge in [-0.3, -0.25) is 4.79 Å². The van der Waals surface area contributed by atoms with Crippen LogP contribution >= 0.6 is 0 Å². The minimum Gasteiger partial charge on any atom is -0.338 e. The van der Waals surface area contributed by atoms with E-state index in [1.165, 1.54) is 12.8 Å². The number of carbonyl (C=O) groups excluding carboxylic acids is 1. The third-order valence-electron chi connectivity index (χ3n) is 3.52. The number of likely N-dealkylation sites (N-methyl/N-ethyl adjacent to an activating group) is 1. The first-order valence-electron chi connectivity index (χ1n) is 6.63. The number of aromatic nitrogens is 3. The smallest absolute Gasteiger partial charge is 0.244 e. The second kappa shape index (κ2) is 5.95. The van der Waals surface area contributed by atoms with Crippen molar-refractivity contribution in [2.75, 3.05) is 6.54 Å². The second-order valence-corrected chi connectivity index (χ2v) is 4.73. The number of nitrogens with two attached hydrogens (primary N) is 1. The van der Waals surface area contributed by atoms with Gasteiger partial charge in [0, 0.05) is 19.1 Å². The molecule has 1 aliphatic carbocycles. The van der Waals surface area contributed by atoms with Gasteiger partial charge in [-0.1, -0.05) is 18.1 Å². The molecule has 0 radical (unpaired) electrons. The minimum atomic E-state index is 0.123. The summed E-state index contributed by atoms with van der Waals surface area (Å²) in [6, 6.07) is 0.417. The summed E-state index contributed by atoms with van der Waals surface area (Å²) in [4.78, 5) is 14.2. The zero-order valence-electron chi connectivity index (χ0n) is 10.9. The lowest BCUT2D eigenvalue weighted by molar-refractivity contribution is -0.134. The molecule has 1 aromatic rings. The zero-order valence-corrected chi connectivity index (χ0v) is 10.9. The molecule has 0 saturated heterocycles. The number of hydrogen-bond acceptors (Lipinski definition) is 4. The van der Waals surface area contributed by atoms with Crippen LogP contribution in [-0.4, -0.2) is 38.4 Å². The van der Waals surface area contributed by atoms with E-state index in [1.54, 1.807) is 10.9 Å². The third-order valence-corrected chi connectivity index (χ3v) is 3.52. The van der Waals surface area contributed by atoms with Crippen LogP contribution in [0.3, 0.4) is 0 Å². The monoisotopic (exact) mass is 251 g/mol. The first-order chi connectivity index (χ1) is 8.74. The summed E-state index contributed by atoms with van der Waals surface area (Å²) in [6.45, 7) is 3.41. The van der Waals surface area contributed by atoms with Crippen molar-refractivity contribution in [1.29, 1.82) is 0 Å². The van der Waals surface area contributed by atoms with Crippen LogP contribution in [0.2, 0.25) is 0 Å². The van der Waals surface area contributed by atoms with E-state index in [0.717, 1.165) is 19.4 Å². The molecule has 0 bridgehead atoms. The SMILES string of the molecule is CCN(C(=O)Cn1cc(CN)nn1)C1CCCC1. The van der Waals surface area contributed by atoms with Gasteiger partial charge in [0.25, 0.3) is 0 Å². The van der Waals surface area contributed by atoms with Crippen LogP contribution in [0.4, 0.5) is 0 Å². The number of carbonyl (C=O) groups is 1. The molecule has 0 aromatic carbocycles. The van der Waals surface area contributed by atoms with Crippen molar-refractivity contribution in [3.63, 3.8) is 0 Å². The van der Waals surface area contributed by atoms with Crippen molar-refractivity contribution in [2.45, 2.75) is 51.7 Å². The Labute approximate surface area is 107 Å². The van der Waals surface area contributed by atoms with Gasteiger partial charge in [-0.05, 0) is 19.8 Å². The Morgan fingerprint density at radius 1 is 1.56 bits per heavy atom. The maximum atomic E-state index is 12.2. The molecule has 18 heavy (non-hydrogen) atoms. The van der Waals surface area contributed by atoms with Crippen LogP contribution in [0, 0.1) is 0 Å². The summed E-state index contributed by atoms with van der Waals surface area (Å²) in [5, 5.41) is 7.80. The van der Waals surface area contributed by atoms with Crippen molar-refractivity contribution in [2.24, 2.45) is 5.73 Å². The molecule has 100 valence electrons. The quantitative estimate of drug-likeness (QED) is 0.828. The largest absolute Gasteiger partial charge is 0.338 e. The van der Waals surface area contributed by atoms with E-state index in [-0.39, 0.29) is 12.5 Å². The molecule has 6 nitrogen and oxygen atoms in total. The molecular weight excluding hydrogens is 230 g/mol. The summed E-state index contributed by atoms with van der Waals surface area (Å²) in [7, 11) is 0. The molecule has 1 aromatic heterocycles. The fourth-order valence-corrected chi connectivity index (χ4v) is 2.59. The van der Waals surface area contributed by atoms with Gasteiger partial charge in [0.2, 0.25) is 5.91 Å². The van der Waals surface area contributed by atoms with Crippen LogP contribution in [-0.2, 0) is 17.9 Å². The van der Waals surface area contributed by atoms with Gasteiger partial charge in [0.05, 0.1) is 11.9 Å². The lowest BCUT2D eigenvalue weighted by atomic mass is 10.2. The predicted octanol–water partition coefficient (Wildman–Crippen LogP) is 0.528. The molecule has 1 aliphatic rings. The van der Waals surface area contributed by atoms with E-state index in [4.69, 9.17) is 5.73 Å². The highest BCUT2D eigenvalue weighted by atomic mass is 16.2. The Bertz CT molecular complexity index is 397. The maximum Gasteiger partial charge on any atom is 0.244 e.